The van der Waals surface area contributed by atoms with Crippen LogP contribution in [0.25, 0.3) is 0 Å². The van der Waals surface area contributed by atoms with Gasteiger partial charge in [0.1, 0.15) is 0 Å². The molecule has 0 spiro atoms. The second-order valence-corrected chi connectivity index (χ2v) is 8.04. The van der Waals surface area contributed by atoms with Gasteiger partial charge in [0.2, 0.25) is 5.91 Å². The maximum absolute atomic E-state index is 12.6. The van der Waals surface area contributed by atoms with Crippen molar-refractivity contribution >= 4 is 23.5 Å². The second kappa shape index (κ2) is 7.77. The van der Waals surface area contributed by atoms with Gasteiger partial charge in [-0.3, -0.25) is 9.59 Å². The van der Waals surface area contributed by atoms with Crippen molar-refractivity contribution in [2.45, 2.75) is 56.8 Å². The predicted molar refractivity (Wildman–Crippen MR) is 97.7 cm³/mol. The van der Waals surface area contributed by atoms with Gasteiger partial charge in [0.05, 0.1) is 5.92 Å². The minimum atomic E-state index is -0.730. The molecular formula is C20H26ClNO3. The molecule has 0 heterocycles. The molecule has 2 fully saturated rings. The van der Waals surface area contributed by atoms with Gasteiger partial charge >= 0.3 is 5.97 Å². The third-order valence-electron chi connectivity index (χ3n) is 6.07. The predicted octanol–water partition coefficient (Wildman–Crippen LogP) is 4.16. The summed E-state index contributed by atoms with van der Waals surface area (Å²) in [6.07, 6.45) is 7.10. The Kier molecular flexibility index (Phi) is 5.67. The lowest BCUT2D eigenvalue weighted by Gasteiger charge is -2.32. The van der Waals surface area contributed by atoms with Gasteiger partial charge in [0.15, 0.2) is 0 Å². The maximum Gasteiger partial charge on any atom is 0.306 e. The molecule has 25 heavy (non-hydrogen) atoms. The highest BCUT2D eigenvalue weighted by atomic mass is 35.5. The highest BCUT2D eigenvalue weighted by molar-refractivity contribution is 6.30. The number of rotatable bonds is 5. The van der Waals surface area contributed by atoms with Crippen molar-refractivity contribution in [2.75, 3.05) is 6.54 Å². The number of carboxylic acids is 1. The third-order valence-corrected chi connectivity index (χ3v) is 6.32. The van der Waals surface area contributed by atoms with Gasteiger partial charge in [-0.15, -0.1) is 0 Å². The van der Waals surface area contributed by atoms with Crippen molar-refractivity contribution in [1.82, 2.24) is 5.32 Å². The summed E-state index contributed by atoms with van der Waals surface area (Å²) in [5.74, 6) is -0.964. The van der Waals surface area contributed by atoms with Crippen molar-refractivity contribution in [2.24, 2.45) is 11.8 Å². The lowest BCUT2D eigenvalue weighted by molar-refractivity contribution is -0.144. The Bertz CT molecular complexity index is 614. The highest BCUT2D eigenvalue weighted by Crippen LogP contribution is 2.41. The van der Waals surface area contributed by atoms with E-state index in [4.69, 9.17) is 16.7 Å². The molecule has 1 aromatic carbocycles. The quantitative estimate of drug-likeness (QED) is 0.825. The van der Waals surface area contributed by atoms with E-state index in [0.29, 0.717) is 32.2 Å². The Morgan fingerprint density at radius 2 is 1.60 bits per heavy atom. The van der Waals surface area contributed by atoms with Crippen LogP contribution >= 0.6 is 11.6 Å². The molecule has 0 atom stereocenters. The van der Waals surface area contributed by atoms with E-state index in [1.54, 1.807) is 0 Å². The molecule has 0 radical (unpaired) electrons. The van der Waals surface area contributed by atoms with Crippen LogP contribution in [-0.2, 0) is 15.0 Å². The standard InChI is InChI=1S/C20H26ClNO3/c21-17-9-7-16(8-10-17)20(11-1-2-12-20)13-22-18(23)14-3-5-15(6-4-14)19(24)25/h7-10,14-15H,1-6,11-13H2,(H,22,23)(H,24,25). The Hall–Kier alpha value is -1.55. The van der Waals surface area contributed by atoms with Crippen LogP contribution in [0.15, 0.2) is 24.3 Å². The maximum atomic E-state index is 12.6. The lowest BCUT2D eigenvalue weighted by Crippen LogP contribution is -2.42. The average Bonchev–Trinajstić information content (AvgIpc) is 3.10. The zero-order valence-electron chi connectivity index (χ0n) is 14.5. The van der Waals surface area contributed by atoms with Crippen LogP contribution < -0.4 is 5.32 Å². The van der Waals surface area contributed by atoms with Crippen LogP contribution in [-0.4, -0.2) is 23.5 Å². The molecule has 5 heteroatoms. The van der Waals surface area contributed by atoms with E-state index in [0.717, 1.165) is 17.9 Å². The van der Waals surface area contributed by atoms with E-state index in [-0.39, 0.29) is 23.2 Å². The monoisotopic (exact) mass is 363 g/mol. The Balaban J connectivity index is 1.60. The molecule has 2 N–H and O–H groups in total. The fraction of sp³-hybridized carbons (Fsp3) is 0.600. The molecule has 2 aliphatic rings. The second-order valence-electron chi connectivity index (χ2n) is 7.60. The smallest absolute Gasteiger partial charge is 0.306 e. The number of carbonyl (C=O) groups excluding carboxylic acids is 1. The first-order chi connectivity index (χ1) is 12.0. The summed E-state index contributed by atoms with van der Waals surface area (Å²) >= 11 is 6.02. The fourth-order valence-electron chi connectivity index (χ4n) is 4.43. The SMILES string of the molecule is O=C(O)C1CCC(C(=O)NCC2(c3ccc(Cl)cc3)CCCC2)CC1. The molecule has 1 amide bonds. The summed E-state index contributed by atoms with van der Waals surface area (Å²) in [7, 11) is 0. The lowest BCUT2D eigenvalue weighted by atomic mass is 9.78. The van der Waals surface area contributed by atoms with Gasteiger partial charge in [-0.2, -0.15) is 0 Å². The molecule has 1 aromatic rings. The van der Waals surface area contributed by atoms with Crippen LogP contribution in [0, 0.1) is 11.8 Å². The molecule has 2 saturated carbocycles. The largest absolute Gasteiger partial charge is 0.481 e. The van der Waals surface area contributed by atoms with E-state index in [1.807, 2.05) is 12.1 Å². The van der Waals surface area contributed by atoms with Crippen LogP contribution in [0.4, 0.5) is 0 Å². The van der Waals surface area contributed by atoms with Crippen LogP contribution in [0.5, 0.6) is 0 Å². The minimum absolute atomic E-state index is 0.0124. The number of carboxylic acid groups (broad SMARTS) is 1. The van der Waals surface area contributed by atoms with Gasteiger partial charge in [-0.1, -0.05) is 36.6 Å². The van der Waals surface area contributed by atoms with Crippen LogP contribution in [0.2, 0.25) is 5.02 Å². The summed E-state index contributed by atoms with van der Waals surface area (Å²) in [6.45, 7) is 0.659. The van der Waals surface area contributed by atoms with Crippen LogP contribution in [0.3, 0.4) is 0 Å². The Morgan fingerprint density at radius 1 is 1.04 bits per heavy atom. The highest BCUT2D eigenvalue weighted by Gasteiger charge is 2.37. The summed E-state index contributed by atoms with van der Waals surface area (Å²) in [5, 5.41) is 13.0. The van der Waals surface area contributed by atoms with E-state index in [2.05, 4.69) is 17.4 Å². The molecule has 4 nitrogen and oxygen atoms in total. The molecular weight excluding hydrogens is 338 g/mol. The normalized spacial score (nSPS) is 25.5. The summed E-state index contributed by atoms with van der Waals surface area (Å²) < 4.78 is 0. The van der Waals surface area contributed by atoms with Crippen molar-refractivity contribution in [3.05, 3.63) is 34.9 Å². The summed E-state index contributed by atoms with van der Waals surface area (Å²) in [5.41, 5.74) is 1.27. The summed E-state index contributed by atoms with van der Waals surface area (Å²) in [4.78, 5) is 23.6. The van der Waals surface area contributed by atoms with Crippen molar-refractivity contribution < 1.29 is 14.7 Å². The first-order valence-corrected chi connectivity index (χ1v) is 9.64. The molecule has 0 saturated heterocycles. The van der Waals surface area contributed by atoms with Crippen molar-refractivity contribution in [3.63, 3.8) is 0 Å². The Labute approximate surface area is 153 Å². The van der Waals surface area contributed by atoms with Gasteiger partial charge in [0.25, 0.3) is 0 Å². The van der Waals surface area contributed by atoms with E-state index >= 15 is 0 Å². The number of aliphatic carboxylic acids is 1. The zero-order valence-corrected chi connectivity index (χ0v) is 15.2. The molecule has 2 aliphatic carbocycles. The minimum Gasteiger partial charge on any atom is -0.481 e. The third kappa shape index (κ3) is 4.17. The number of halogens is 1. The first kappa shape index (κ1) is 18.2. The van der Waals surface area contributed by atoms with Gasteiger partial charge in [-0.25, -0.2) is 0 Å². The number of hydrogen-bond donors (Lipinski definition) is 2. The van der Waals surface area contributed by atoms with E-state index in [1.165, 1.54) is 18.4 Å². The number of nitrogens with one attached hydrogen (secondary N) is 1. The number of amides is 1. The molecule has 0 aliphatic heterocycles. The molecule has 0 bridgehead atoms. The van der Waals surface area contributed by atoms with Crippen molar-refractivity contribution in [1.29, 1.82) is 0 Å². The fourth-order valence-corrected chi connectivity index (χ4v) is 4.55. The Morgan fingerprint density at radius 3 is 2.16 bits per heavy atom. The van der Waals surface area contributed by atoms with Crippen LogP contribution in [0.1, 0.15) is 56.9 Å². The van der Waals surface area contributed by atoms with E-state index in [9.17, 15) is 9.59 Å². The summed E-state index contributed by atoms with van der Waals surface area (Å²) in [6, 6.07) is 8.01. The number of benzene rings is 1. The van der Waals surface area contributed by atoms with Gasteiger partial charge in [0, 0.05) is 22.9 Å². The molecule has 136 valence electrons. The molecule has 0 aromatic heterocycles. The van der Waals surface area contributed by atoms with Gasteiger partial charge in [-0.05, 0) is 56.2 Å². The van der Waals surface area contributed by atoms with Gasteiger partial charge < -0.3 is 10.4 Å². The zero-order chi connectivity index (χ0) is 17.9. The number of hydrogen-bond acceptors (Lipinski definition) is 2. The molecule has 3 rings (SSSR count). The average molecular weight is 364 g/mol. The van der Waals surface area contributed by atoms with E-state index < -0.39 is 5.97 Å². The van der Waals surface area contributed by atoms with Crippen molar-refractivity contribution in [3.8, 4) is 0 Å². The topological polar surface area (TPSA) is 66.4 Å². The first-order valence-electron chi connectivity index (χ1n) is 9.27. The molecule has 0 unspecified atom stereocenters. The number of carbonyl (C=O) groups is 2.